The molecule has 0 aliphatic carbocycles. The van der Waals surface area contributed by atoms with Gasteiger partial charge in [-0.15, -0.1) is 0 Å². The van der Waals surface area contributed by atoms with Crippen molar-refractivity contribution in [2.45, 2.75) is 53.9 Å². The van der Waals surface area contributed by atoms with Gasteiger partial charge < -0.3 is 5.11 Å². The van der Waals surface area contributed by atoms with E-state index in [4.69, 9.17) is 5.10 Å². The van der Waals surface area contributed by atoms with E-state index in [-0.39, 0.29) is 5.69 Å². The lowest BCUT2D eigenvalue weighted by molar-refractivity contribution is 0.0689. The van der Waals surface area contributed by atoms with Crippen molar-refractivity contribution in [3.63, 3.8) is 0 Å². The minimum atomic E-state index is -0.979. The Morgan fingerprint density at radius 2 is 1.77 bits per heavy atom. The summed E-state index contributed by atoms with van der Waals surface area (Å²) < 4.78 is 1.87. The van der Waals surface area contributed by atoms with Gasteiger partial charge >= 0.3 is 5.97 Å². The molecule has 5 heteroatoms. The number of hydrogen-bond acceptors (Lipinski definition) is 3. The highest BCUT2D eigenvalue weighted by Crippen LogP contribution is 2.34. The molecule has 3 aromatic rings. The summed E-state index contributed by atoms with van der Waals surface area (Å²) in [7, 11) is 0. The first-order valence-corrected chi connectivity index (χ1v) is 9.11. The third-order valence-electron chi connectivity index (χ3n) is 4.92. The first kappa shape index (κ1) is 18.1. The van der Waals surface area contributed by atoms with Crippen LogP contribution in [0, 0.1) is 20.8 Å². The minimum Gasteiger partial charge on any atom is -0.476 e. The summed E-state index contributed by atoms with van der Waals surface area (Å²) in [5.41, 5.74) is 7.70. The molecule has 0 saturated carbocycles. The van der Waals surface area contributed by atoms with Gasteiger partial charge in [-0.3, -0.25) is 0 Å². The molecule has 0 spiro atoms. The number of rotatable bonds is 5. The van der Waals surface area contributed by atoms with Gasteiger partial charge in [0.1, 0.15) is 0 Å². The molecule has 0 saturated heterocycles. The fraction of sp³-hybridized carbons (Fsp3) is 0.381. The summed E-state index contributed by atoms with van der Waals surface area (Å²) in [5, 5.41) is 14.5. The SMILES string of the molecule is CCCc1c(CC)c(C(=O)O)nc2c(-c3c(C)cccc3C)c(C)nn12. The molecule has 0 bridgehead atoms. The van der Waals surface area contributed by atoms with Crippen LogP contribution in [0.5, 0.6) is 0 Å². The monoisotopic (exact) mass is 351 g/mol. The number of hydrogen-bond donors (Lipinski definition) is 1. The van der Waals surface area contributed by atoms with Crippen molar-refractivity contribution in [3.8, 4) is 11.1 Å². The van der Waals surface area contributed by atoms with Gasteiger partial charge in [-0.05, 0) is 50.3 Å². The fourth-order valence-electron chi connectivity index (χ4n) is 3.79. The molecule has 0 aliphatic rings. The number of nitrogens with zero attached hydrogens (tertiary/aromatic N) is 3. The summed E-state index contributed by atoms with van der Waals surface area (Å²) in [6.45, 7) is 10.2. The van der Waals surface area contributed by atoms with Gasteiger partial charge in [0.25, 0.3) is 0 Å². The van der Waals surface area contributed by atoms with Crippen LogP contribution in [0.1, 0.15) is 58.8 Å². The Kier molecular flexibility index (Phi) is 4.81. The zero-order valence-electron chi connectivity index (χ0n) is 16.1. The van der Waals surface area contributed by atoms with E-state index in [2.05, 4.69) is 37.9 Å². The standard InChI is InChI=1S/C21H25N3O2/c1-6-9-16-15(7-2)19(21(25)26)22-20-18(14(5)23-24(16)20)17-12(3)10-8-11-13(17)4/h8,10-11H,6-7,9H2,1-5H3,(H,25,26). The molecular weight excluding hydrogens is 326 g/mol. The molecule has 0 fully saturated rings. The Morgan fingerprint density at radius 3 is 2.31 bits per heavy atom. The predicted octanol–water partition coefficient (Wildman–Crippen LogP) is 4.53. The van der Waals surface area contributed by atoms with Crippen LogP contribution >= 0.6 is 0 Å². The zero-order valence-corrected chi connectivity index (χ0v) is 16.1. The van der Waals surface area contributed by atoms with Gasteiger partial charge in [0, 0.05) is 5.56 Å². The third-order valence-corrected chi connectivity index (χ3v) is 4.92. The van der Waals surface area contributed by atoms with E-state index in [0.717, 1.165) is 52.0 Å². The maximum Gasteiger partial charge on any atom is 0.354 e. The van der Waals surface area contributed by atoms with Crippen molar-refractivity contribution >= 4 is 11.6 Å². The Labute approximate surface area is 153 Å². The summed E-state index contributed by atoms with van der Waals surface area (Å²) in [6, 6.07) is 6.16. The molecule has 0 unspecified atom stereocenters. The minimum absolute atomic E-state index is 0.149. The van der Waals surface area contributed by atoms with Crippen LogP contribution in [0.3, 0.4) is 0 Å². The topological polar surface area (TPSA) is 67.5 Å². The van der Waals surface area contributed by atoms with Crippen molar-refractivity contribution in [3.05, 3.63) is 52.0 Å². The van der Waals surface area contributed by atoms with E-state index in [1.54, 1.807) is 0 Å². The molecule has 1 aromatic carbocycles. The Balaban J connectivity index is 2.47. The molecule has 136 valence electrons. The lowest BCUT2D eigenvalue weighted by Crippen LogP contribution is -2.14. The summed E-state index contributed by atoms with van der Waals surface area (Å²) in [5.74, 6) is -0.979. The first-order valence-electron chi connectivity index (χ1n) is 9.11. The highest BCUT2D eigenvalue weighted by Gasteiger charge is 2.24. The number of benzene rings is 1. The fourth-order valence-corrected chi connectivity index (χ4v) is 3.79. The van der Waals surface area contributed by atoms with Crippen LogP contribution in [-0.4, -0.2) is 25.7 Å². The lowest BCUT2D eigenvalue weighted by Gasteiger charge is -2.14. The van der Waals surface area contributed by atoms with Crippen LogP contribution in [0.2, 0.25) is 0 Å². The molecule has 26 heavy (non-hydrogen) atoms. The van der Waals surface area contributed by atoms with Gasteiger partial charge in [-0.25, -0.2) is 14.3 Å². The molecule has 5 nitrogen and oxygen atoms in total. The quantitative estimate of drug-likeness (QED) is 0.733. The van der Waals surface area contributed by atoms with Gasteiger partial charge in [-0.2, -0.15) is 5.10 Å². The van der Waals surface area contributed by atoms with Crippen LogP contribution in [0.25, 0.3) is 16.8 Å². The number of carbonyl (C=O) groups is 1. The van der Waals surface area contributed by atoms with E-state index in [0.29, 0.717) is 12.1 Å². The molecule has 0 radical (unpaired) electrons. The maximum absolute atomic E-state index is 11.9. The van der Waals surface area contributed by atoms with Crippen molar-refractivity contribution in [2.24, 2.45) is 0 Å². The van der Waals surface area contributed by atoms with E-state index in [9.17, 15) is 9.90 Å². The summed E-state index contributed by atoms with van der Waals surface area (Å²) in [4.78, 5) is 16.4. The smallest absolute Gasteiger partial charge is 0.354 e. The van der Waals surface area contributed by atoms with E-state index in [1.165, 1.54) is 0 Å². The predicted molar refractivity (Wildman–Crippen MR) is 103 cm³/mol. The van der Waals surface area contributed by atoms with Crippen LogP contribution in [-0.2, 0) is 12.8 Å². The second-order valence-corrected chi connectivity index (χ2v) is 6.76. The first-order chi connectivity index (χ1) is 12.4. The average Bonchev–Trinajstić information content (AvgIpc) is 2.91. The molecular formula is C21H25N3O2. The molecule has 0 aliphatic heterocycles. The Bertz CT molecular complexity index is 982. The normalized spacial score (nSPS) is 11.3. The average molecular weight is 351 g/mol. The highest BCUT2D eigenvalue weighted by atomic mass is 16.4. The van der Waals surface area contributed by atoms with E-state index >= 15 is 0 Å². The highest BCUT2D eigenvalue weighted by molar-refractivity contribution is 5.90. The summed E-state index contributed by atoms with van der Waals surface area (Å²) in [6.07, 6.45) is 2.32. The molecule has 3 rings (SSSR count). The number of aryl methyl sites for hydroxylation is 4. The second-order valence-electron chi connectivity index (χ2n) is 6.76. The molecule has 0 atom stereocenters. The number of carboxylic acid groups (broad SMARTS) is 1. The second kappa shape index (κ2) is 6.90. The zero-order chi connectivity index (χ0) is 19.0. The van der Waals surface area contributed by atoms with Gasteiger partial charge in [0.2, 0.25) is 0 Å². The lowest BCUT2D eigenvalue weighted by atomic mass is 9.95. The third kappa shape index (κ3) is 2.77. The van der Waals surface area contributed by atoms with Gasteiger partial charge in [-0.1, -0.05) is 38.5 Å². The van der Waals surface area contributed by atoms with Crippen LogP contribution < -0.4 is 0 Å². The van der Waals surface area contributed by atoms with Crippen LogP contribution in [0.15, 0.2) is 18.2 Å². The van der Waals surface area contributed by atoms with E-state index < -0.39 is 5.97 Å². The number of fused-ring (bicyclic) bond motifs is 1. The van der Waals surface area contributed by atoms with Gasteiger partial charge in [0.15, 0.2) is 11.3 Å². The molecule has 0 amide bonds. The van der Waals surface area contributed by atoms with E-state index in [1.807, 2.05) is 24.4 Å². The van der Waals surface area contributed by atoms with Crippen LogP contribution in [0.4, 0.5) is 0 Å². The largest absolute Gasteiger partial charge is 0.476 e. The molecule has 2 aromatic heterocycles. The van der Waals surface area contributed by atoms with Crippen molar-refractivity contribution in [1.29, 1.82) is 0 Å². The Hall–Kier alpha value is -2.69. The number of aromatic carboxylic acids is 1. The molecule has 1 N–H and O–H groups in total. The number of carboxylic acids is 1. The summed E-state index contributed by atoms with van der Waals surface area (Å²) >= 11 is 0. The maximum atomic E-state index is 11.9. The van der Waals surface area contributed by atoms with Gasteiger partial charge in [0.05, 0.1) is 17.0 Å². The Morgan fingerprint density at radius 1 is 1.12 bits per heavy atom. The van der Waals surface area contributed by atoms with Crippen molar-refractivity contribution < 1.29 is 9.90 Å². The van der Waals surface area contributed by atoms with Crippen molar-refractivity contribution in [2.75, 3.05) is 0 Å². The number of aromatic nitrogens is 3. The van der Waals surface area contributed by atoms with Crippen molar-refractivity contribution in [1.82, 2.24) is 14.6 Å². The molecule has 2 heterocycles.